The minimum absolute atomic E-state index is 0.0159. The molecule has 3 aromatic heterocycles. The van der Waals surface area contributed by atoms with E-state index in [1.807, 2.05) is 16.5 Å². The number of halogens is 1. The Bertz CT molecular complexity index is 1140. The molecule has 0 spiro atoms. The molecule has 0 bridgehead atoms. The number of hydrogen-bond acceptors (Lipinski definition) is 6. The Balaban J connectivity index is 1.50. The first-order chi connectivity index (χ1) is 14.0. The van der Waals surface area contributed by atoms with Gasteiger partial charge in [0.15, 0.2) is 0 Å². The van der Waals surface area contributed by atoms with Crippen LogP contribution in [-0.4, -0.2) is 49.8 Å². The van der Waals surface area contributed by atoms with Crippen LogP contribution in [0, 0.1) is 0 Å². The molecule has 3 amide bonds. The smallest absolute Gasteiger partial charge is 0.332 e. The highest BCUT2D eigenvalue weighted by molar-refractivity contribution is 6.29. The van der Waals surface area contributed by atoms with Gasteiger partial charge in [-0.3, -0.25) is 19.0 Å². The molecule has 1 aliphatic heterocycles. The fraction of sp³-hybridized carbons (Fsp3) is 0.316. The normalized spacial score (nSPS) is 16.9. The Kier molecular flexibility index (Phi) is 4.13. The summed E-state index contributed by atoms with van der Waals surface area (Å²) in [7, 11) is 1.49. The monoisotopic (exact) mass is 412 g/mol. The minimum Gasteiger partial charge on any atom is -0.471 e. The molecule has 1 saturated heterocycles. The zero-order valence-corrected chi connectivity index (χ0v) is 16.3. The van der Waals surface area contributed by atoms with Gasteiger partial charge in [-0.2, -0.15) is 0 Å². The van der Waals surface area contributed by atoms with E-state index in [4.69, 9.17) is 16.3 Å². The van der Waals surface area contributed by atoms with Crippen LogP contribution in [0.4, 0.5) is 10.6 Å². The lowest BCUT2D eigenvalue weighted by Gasteiger charge is -2.17. The van der Waals surface area contributed by atoms with E-state index in [1.54, 1.807) is 6.20 Å². The SMILES string of the molecule is CN1C(=O)CN(c2cc(C3CC3)cc3nc(COc4cc(Cl)ncn4)cn23)C1=O. The van der Waals surface area contributed by atoms with Crippen molar-refractivity contribution in [2.75, 3.05) is 18.5 Å². The van der Waals surface area contributed by atoms with Crippen LogP contribution in [0.3, 0.4) is 0 Å². The summed E-state index contributed by atoms with van der Waals surface area (Å²) >= 11 is 5.85. The highest BCUT2D eigenvalue weighted by Gasteiger charge is 2.36. The highest BCUT2D eigenvalue weighted by atomic mass is 35.5. The number of likely N-dealkylation sites (N-methyl/N-ethyl adjacent to an activating group) is 1. The van der Waals surface area contributed by atoms with Crippen molar-refractivity contribution in [2.24, 2.45) is 0 Å². The van der Waals surface area contributed by atoms with Gasteiger partial charge in [0.1, 0.15) is 36.1 Å². The van der Waals surface area contributed by atoms with Crippen LogP contribution in [0.15, 0.2) is 30.7 Å². The summed E-state index contributed by atoms with van der Waals surface area (Å²) in [6.45, 7) is 0.196. The maximum atomic E-state index is 12.6. The third-order valence-electron chi connectivity index (χ3n) is 5.11. The van der Waals surface area contributed by atoms with Crippen LogP contribution in [0.5, 0.6) is 5.88 Å². The fourth-order valence-corrected chi connectivity index (χ4v) is 3.53. The van der Waals surface area contributed by atoms with Gasteiger partial charge < -0.3 is 4.74 Å². The topological polar surface area (TPSA) is 92.9 Å². The van der Waals surface area contributed by atoms with Gasteiger partial charge in [-0.25, -0.2) is 19.7 Å². The second-order valence-electron chi connectivity index (χ2n) is 7.17. The van der Waals surface area contributed by atoms with E-state index in [1.165, 1.54) is 24.3 Å². The van der Waals surface area contributed by atoms with Crippen molar-refractivity contribution in [2.45, 2.75) is 25.4 Å². The third-order valence-corrected chi connectivity index (χ3v) is 5.32. The molecule has 0 atom stereocenters. The number of imide groups is 1. The number of rotatable bonds is 5. The van der Waals surface area contributed by atoms with Gasteiger partial charge >= 0.3 is 6.03 Å². The van der Waals surface area contributed by atoms with Crippen LogP contribution < -0.4 is 9.64 Å². The number of pyridine rings is 1. The molecule has 1 saturated carbocycles. The van der Waals surface area contributed by atoms with E-state index in [0.29, 0.717) is 34.1 Å². The average Bonchev–Trinajstić information content (AvgIpc) is 3.42. The Labute approximate surface area is 170 Å². The lowest BCUT2D eigenvalue weighted by molar-refractivity contribution is -0.123. The van der Waals surface area contributed by atoms with E-state index in [0.717, 1.165) is 23.3 Å². The molecule has 29 heavy (non-hydrogen) atoms. The molecule has 2 aliphatic rings. The lowest BCUT2D eigenvalue weighted by Crippen LogP contribution is -2.31. The molecule has 5 rings (SSSR count). The van der Waals surface area contributed by atoms with E-state index in [2.05, 4.69) is 15.0 Å². The largest absolute Gasteiger partial charge is 0.471 e. The molecular weight excluding hydrogens is 396 g/mol. The van der Waals surface area contributed by atoms with Gasteiger partial charge in [0, 0.05) is 19.3 Å². The van der Waals surface area contributed by atoms with Gasteiger partial charge in [0.2, 0.25) is 5.88 Å². The van der Waals surface area contributed by atoms with Gasteiger partial charge in [-0.05, 0) is 36.5 Å². The third kappa shape index (κ3) is 3.27. The van der Waals surface area contributed by atoms with Gasteiger partial charge in [0.05, 0.1) is 5.69 Å². The summed E-state index contributed by atoms with van der Waals surface area (Å²) in [6.07, 6.45) is 5.37. The number of amides is 3. The number of anilines is 1. The first-order valence-electron chi connectivity index (χ1n) is 9.20. The summed E-state index contributed by atoms with van der Waals surface area (Å²) in [5.41, 5.74) is 2.50. The van der Waals surface area contributed by atoms with E-state index < -0.39 is 0 Å². The van der Waals surface area contributed by atoms with Crippen molar-refractivity contribution in [3.63, 3.8) is 0 Å². The summed E-state index contributed by atoms with van der Waals surface area (Å²) in [6, 6.07) is 5.19. The Morgan fingerprint density at radius 2 is 2.03 bits per heavy atom. The summed E-state index contributed by atoms with van der Waals surface area (Å²) in [5, 5.41) is 0.294. The Morgan fingerprint density at radius 1 is 1.21 bits per heavy atom. The number of aromatic nitrogens is 4. The fourth-order valence-electron chi connectivity index (χ4n) is 3.39. The molecule has 4 heterocycles. The molecule has 0 radical (unpaired) electrons. The van der Waals surface area contributed by atoms with Crippen LogP contribution >= 0.6 is 11.6 Å². The molecule has 10 heteroatoms. The molecule has 148 valence electrons. The standard InChI is InChI=1S/C19H17ClN6O3/c1-24-18(27)8-26(19(24)28)17-5-12(11-2-3-11)4-15-23-13(7-25(15)17)9-29-16-6-14(20)21-10-22-16/h4-7,10-11H,2-3,8-9H2,1H3. The number of ether oxygens (including phenoxy) is 1. The van der Waals surface area contributed by atoms with Crippen molar-refractivity contribution < 1.29 is 14.3 Å². The van der Waals surface area contributed by atoms with Crippen LogP contribution in [0.1, 0.15) is 30.0 Å². The molecular formula is C19H17ClN6O3. The lowest BCUT2D eigenvalue weighted by atomic mass is 10.1. The van der Waals surface area contributed by atoms with Crippen molar-refractivity contribution >= 4 is 35.0 Å². The number of carbonyl (C=O) groups is 2. The summed E-state index contributed by atoms with van der Waals surface area (Å²) in [4.78, 5) is 39.7. The van der Waals surface area contributed by atoms with E-state index >= 15 is 0 Å². The van der Waals surface area contributed by atoms with Crippen LogP contribution in [-0.2, 0) is 11.4 Å². The van der Waals surface area contributed by atoms with Crippen molar-refractivity contribution in [3.8, 4) is 5.88 Å². The Morgan fingerprint density at radius 3 is 2.72 bits per heavy atom. The van der Waals surface area contributed by atoms with Gasteiger partial charge in [0.25, 0.3) is 5.91 Å². The number of carbonyl (C=O) groups excluding carboxylic acids is 2. The number of imidazole rings is 1. The molecule has 3 aromatic rings. The number of urea groups is 1. The predicted octanol–water partition coefficient (Wildman–Crippen LogP) is 2.63. The number of fused-ring (bicyclic) bond motifs is 1. The quantitative estimate of drug-likeness (QED) is 0.472. The number of hydrogen-bond donors (Lipinski definition) is 0. The maximum absolute atomic E-state index is 12.6. The average molecular weight is 413 g/mol. The zero-order valence-electron chi connectivity index (χ0n) is 15.6. The van der Waals surface area contributed by atoms with Gasteiger partial charge in [-0.1, -0.05) is 11.6 Å². The second-order valence-corrected chi connectivity index (χ2v) is 7.56. The van der Waals surface area contributed by atoms with Crippen LogP contribution in [0.2, 0.25) is 5.15 Å². The predicted molar refractivity (Wildman–Crippen MR) is 104 cm³/mol. The molecule has 1 aliphatic carbocycles. The first-order valence-corrected chi connectivity index (χ1v) is 9.58. The van der Waals surface area contributed by atoms with Crippen LogP contribution in [0.25, 0.3) is 5.65 Å². The Hall–Kier alpha value is -3.20. The van der Waals surface area contributed by atoms with Crippen molar-refractivity contribution in [1.82, 2.24) is 24.3 Å². The van der Waals surface area contributed by atoms with Crippen molar-refractivity contribution in [1.29, 1.82) is 0 Å². The molecule has 0 aromatic carbocycles. The summed E-state index contributed by atoms with van der Waals surface area (Å²) in [5.74, 6) is 1.23. The maximum Gasteiger partial charge on any atom is 0.332 e. The minimum atomic E-state index is -0.341. The molecule has 0 N–H and O–H groups in total. The highest BCUT2D eigenvalue weighted by Crippen LogP contribution is 2.42. The molecule has 0 unspecified atom stereocenters. The first kappa shape index (κ1) is 17.9. The van der Waals surface area contributed by atoms with E-state index in [9.17, 15) is 9.59 Å². The summed E-state index contributed by atoms with van der Waals surface area (Å²) < 4.78 is 7.48. The number of nitrogens with zero attached hydrogens (tertiary/aromatic N) is 6. The molecule has 2 fully saturated rings. The van der Waals surface area contributed by atoms with Crippen molar-refractivity contribution in [3.05, 3.63) is 47.1 Å². The van der Waals surface area contributed by atoms with E-state index in [-0.39, 0.29) is 25.1 Å². The molecule has 9 nitrogen and oxygen atoms in total. The van der Waals surface area contributed by atoms with Gasteiger partial charge in [-0.15, -0.1) is 0 Å². The second kappa shape index (κ2) is 6.70. The zero-order chi connectivity index (χ0) is 20.1.